The average Bonchev–Trinajstić information content (AvgIpc) is 3.20. The van der Waals surface area contributed by atoms with Crippen molar-refractivity contribution in [2.24, 2.45) is 0 Å². The predicted octanol–water partition coefficient (Wildman–Crippen LogP) is 2.45. The predicted molar refractivity (Wildman–Crippen MR) is 88.7 cm³/mol. The van der Waals surface area contributed by atoms with E-state index in [1.807, 2.05) is 0 Å². The lowest BCUT2D eigenvalue weighted by atomic mass is 10.1. The summed E-state index contributed by atoms with van der Waals surface area (Å²) in [5.41, 5.74) is 2.89. The third kappa shape index (κ3) is 3.72. The Morgan fingerprint density at radius 1 is 1.08 bits per heavy atom. The first-order valence-corrected chi connectivity index (χ1v) is 7.48. The molecule has 0 radical (unpaired) electrons. The molecule has 0 atom stereocenters. The molecule has 0 bridgehead atoms. The summed E-state index contributed by atoms with van der Waals surface area (Å²) in [7, 11) is 1.31. The SMILES string of the molecule is COC(=O)c1ccc(C(=O)NCc2nccnc2-c2ccoc2)cc1. The smallest absolute Gasteiger partial charge is 0.337 e. The number of carbonyl (C=O) groups is 2. The Kier molecular flexibility index (Phi) is 4.84. The van der Waals surface area contributed by atoms with Crippen LogP contribution in [0.15, 0.2) is 59.7 Å². The first-order valence-electron chi connectivity index (χ1n) is 7.48. The van der Waals surface area contributed by atoms with Crippen LogP contribution < -0.4 is 5.32 Å². The van der Waals surface area contributed by atoms with Gasteiger partial charge in [0.1, 0.15) is 0 Å². The van der Waals surface area contributed by atoms with Crippen LogP contribution in [0.5, 0.6) is 0 Å². The molecule has 1 aromatic carbocycles. The van der Waals surface area contributed by atoms with Gasteiger partial charge in [-0.3, -0.25) is 14.8 Å². The van der Waals surface area contributed by atoms with Gasteiger partial charge in [0.25, 0.3) is 5.91 Å². The van der Waals surface area contributed by atoms with Crippen molar-refractivity contribution >= 4 is 11.9 Å². The minimum absolute atomic E-state index is 0.214. The quantitative estimate of drug-likeness (QED) is 0.719. The monoisotopic (exact) mass is 337 g/mol. The number of furan rings is 1. The van der Waals surface area contributed by atoms with Crippen molar-refractivity contribution in [3.63, 3.8) is 0 Å². The second-order valence-corrected chi connectivity index (χ2v) is 5.12. The van der Waals surface area contributed by atoms with Crippen molar-refractivity contribution in [3.05, 3.63) is 72.1 Å². The molecule has 2 heterocycles. The summed E-state index contributed by atoms with van der Waals surface area (Å²) >= 11 is 0. The fourth-order valence-corrected chi connectivity index (χ4v) is 2.28. The van der Waals surface area contributed by atoms with Gasteiger partial charge in [0.2, 0.25) is 0 Å². The van der Waals surface area contributed by atoms with E-state index in [4.69, 9.17) is 4.42 Å². The number of carbonyl (C=O) groups excluding carboxylic acids is 2. The maximum Gasteiger partial charge on any atom is 0.337 e. The van der Waals surface area contributed by atoms with E-state index in [0.717, 1.165) is 5.56 Å². The zero-order valence-electron chi connectivity index (χ0n) is 13.4. The molecule has 0 aliphatic carbocycles. The molecule has 1 amide bonds. The Bertz CT molecular complexity index is 874. The topological polar surface area (TPSA) is 94.3 Å². The second kappa shape index (κ2) is 7.39. The van der Waals surface area contributed by atoms with Gasteiger partial charge in [-0.15, -0.1) is 0 Å². The number of nitrogens with zero attached hydrogens (tertiary/aromatic N) is 2. The van der Waals surface area contributed by atoms with Gasteiger partial charge in [0, 0.05) is 23.5 Å². The number of hydrogen-bond donors (Lipinski definition) is 1. The van der Waals surface area contributed by atoms with Crippen LogP contribution in [0.3, 0.4) is 0 Å². The van der Waals surface area contributed by atoms with Crippen molar-refractivity contribution < 1.29 is 18.7 Å². The van der Waals surface area contributed by atoms with E-state index in [-0.39, 0.29) is 12.5 Å². The lowest BCUT2D eigenvalue weighted by Gasteiger charge is -2.08. The van der Waals surface area contributed by atoms with Gasteiger partial charge in [0.15, 0.2) is 0 Å². The normalized spacial score (nSPS) is 10.3. The first kappa shape index (κ1) is 16.4. The number of methoxy groups -OCH3 is 1. The molecule has 2 aromatic heterocycles. The van der Waals surface area contributed by atoms with Crippen LogP contribution >= 0.6 is 0 Å². The Hall–Kier alpha value is -3.48. The number of hydrogen-bond acceptors (Lipinski definition) is 6. The fraction of sp³-hybridized carbons (Fsp3) is 0.111. The molecule has 0 saturated heterocycles. The van der Waals surface area contributed by atoms with E-state index >= 15 is 0 Å². The van der Waals surface area contributed by atoms with E-state index in [1.165, 1.54) is 7.11 Å². The number of amides is 1. The number of benzene rings is 1. The third-order valence-corrected chi connectivity index (χ3v) is 3.55. The molecule has 25 heavy (non-hydrogen) atoms. The van der Waals surface area contributed by atoms with Crippen molar-refractivity contribution in [2.45, 2.75) is 6.54 Å². The zero-order valence-corrected chi connectivity index (χ0v) is 13.4. The van der Waals surface area contributed by atoms with Crippen LogP contribution in [-0.4, -0.2) is 29.0 Å². The number of nitrogens with one attached hydrogen (secondary N) is 1. The van der Waals surface area contributed by atoms with Gasteiger partial charge in [-0.25, -0.2) is 4.79 Å². The van der Waals surface area contributed by atoms with Gasteiger partial charge in [-0.2, -0.15) is 0 Å². The summed E-state index contributed by atoms with van der Waals surface area (Å²) in [5, 5.41) is 2.79. The lowest BCUT2D eigenvalue weighted by Crippen LogP contribution is -2.24. The largest absolute Gasteiger partial charge is 0.472 e. The van der Waals surface area contributed by atoms with Gasteiger partial charge >= 0.3 is 5.97 Å². The summed E-state index contributed by atoms with van der Waals surface area (Å²) in [6.45, 7) is 0.214. The van der Waals surface area contributed by atoms with Crippen molar-refractivity contribution in [1.82, 2.24) is 15.3 Å². The molecule has 7 nitrogen and oxygen atoms in total. The number of ether oxygens (including phenoxy) is 1. The number of aromatic nitrogens is 2. The maximum atomic E-state index is 12.3. The van der Waals surface area contributed by atoms with Gasteiger partial charge in [-0.1, -0.05) is 0 Å². The number of esters is 1. The molecule has 3 rings (SSSR count). The lowest BCUT2D eigenvalue weighted by molar-refractivity contribution is 0.0600. The van der Waals surface area contributed by atoms with E-state index < -0.39 is 5.97 Å². The Balaban J connectivity index is 1.70. The standard InChI is InChI=1S/C18H15N3O4/c1-24-18(23)13-4-2-12(3-5-13)17(22)21-10-15-16(20-8-7-19-15)14-6-9-25-11-14/h2-9,11H,10H2,1H3,(H,21,22). The van der Waals surface area contributed by atoms with Gasteiger partial charge < -0.3 is 14.5 Å². The van der Waals surface area contributed by atoms with Crippen LogP contribution in [0.2, 0.25) is 0 Å². The molecule has 1 N–H and O–H groups in total. The Labute approximate surface area is 143 Å². The summed E-state index contributed by atoms with van der Waals surface area (Å²) in [6, 6.07) is 7.99. The molecule has 0 aliphatic heterocycles. The molecular weight excluding hydrogens is 322 g/mol. The number of rotatable bonds is 5. The summed E-state index contributed by atoms with van der Waals surface area (Å²) < 4.78 is 9.69. The molecule has 0 saturated carbocycles. The van der Waals surface area contributed by atoms with E-state index in [1.54, 1.807) is 55.3 Å². The first-order chi connectivity index (χ1) is 12.2. The van der Waals surface area contributed by atoms with E-state index in [0.29, 0.717) is 22.5 Å². The van der Waals surface area contributed by atoms with E-state index in [9.17, 15) is 9.59 Å². The minimum atomic E-state index is -0.448. The average molecular weight is 337 g/mol. The van der Waals surface area contributed by atoms with Crippen LogP contribution in [0.4, 0.5) is 0 Å². The van der Waals surface area contributed by atoms with E-state index in [2.05, 4.69) is 20.0 Å². The molecule has 0 fully saturated rings. The van der Waals surface area contributed by atoms with Crippen LogP contribution in [-0.2, 0) is 11.3 Å². The Morgan fingerprint density at radius 2 is 1.80 bits per heavy atom. The highest BCUT2D eigenvalue weighted by atomic mass is 16.5. The highest BCUT2D eigenvalue weighted by Crippen LogP contribution is 2.19. The van der Waals surface area contributed by atoms with Gasteiger partial charge in [0.05, 0.1) is 43.1 Å². The summed E-state index contributed by atoms with van der Waals surface area (Å²) in [5.74, 6) is -0.725. The molecule has 3 aromatic rings. The highest BCUT2D eigenvalue weighted by Gasteiger charge is 2.12. The zero-order chi connectivity index (χ0) is 17.6. The third-order valence-electron chi connectivity index (χ3n) is 3.55. The second-order valence-electron chi connectivity index (χ2n) is 5.12. The summed E-state index contributed by atoms with van der Waals surface area (Å²) in [6.07, 6.45) is 6.27. The summed E-state index contributed by atoms with van der Waals surface area (Å²) in [4.78, 5) is 32.2. The minimum Gasteiger partial charge on any atom is -0.472 e. The maximum absolute atomic E-state index is 12.3. The molecule has 126 valence electrons. The molecule has 7 heteroatoms. The van der Waals surface area contributed by atoms with Crippen molar-refractivity contribution in [2.75, 3.05) is 7.11 Å². The van der Waals surface area contributed by atoms with Gasteiger partial charge in [-0.05, 0) is 30.3 Å². The molecule has 0 spiro atoms. The Morgan fingerprint density at radius 3 is 2.48 bits per heavy atom. The van der Waals surface area contributed by atoms with Crippen molar-refractivity contribution in [3.8, 4) is 11.3 Å². The van der Waals surface area contributed by atoms with Crippen LogP contribution in [0, 0.1) is 0 Å². The van der Waals surface area contributed by atoms with Crippen molar-refractivity contribution in [1.29, 1.82) is 0 Å². The highest BCUT2D eigenvalue weighted by molar-refractivity contribution is 5.96. The van der Waals surface area contributed by atoms with Crippen LogP contribution in [0.1, 0.15) is 26.4 Å². The molecule has 0 unspecified atom stereocenters. The van der Waals surface area contributed by atoms with Crippen LogP contribution in [0.25, 0.3) is 11.3 Å². The molecule has 0 aliphatic rings. The fourth-order valence-electron chi connectivity index (χ4n) is 2.28. The molecular formula is C18H15N3O4.